The van der Waals surface area contributed by atoms with Crippen molar-refractivity contribution in [1.82, 2.24) is 5.32 Å². The third-order valence-electron chi connectivity index (χ3n) is 2.84. The molecular weight excluding hydrogens is 316 g/mol. The van der Waals surface area contributed by atoms with Crippen molar-refractivity contribution in [3.63, 3.8) is 0 Å². The molecule has 2 aromatic carbocycles. The van der Waals surface area contributed by atoms with Gasteiger partial charge in [0.1, 0.15) is 0 Å². The Bertz CT molecular complexity index is 652. The number of amides is 1. The molecule has 2 aromatic rings. The van der Waals surface area contributed by atoms with Crippen LogP contribution in [0.25, 0.3) is 0 Å². The summed E-state index contributed by atoms with van der Waals surface area (Å²) in [6.45, 7) is 2.39. The lowest BCUT2D eigenvalue weighted by atomic mass is 10.1. The van der Waals surface area contributed by atoms with E-state index in [2.05, 4.69) is 27.3 Å². The highest BCUT2D eigenvalue weighted by Gasteiger charge is 2.06. The largest absolute Gasteiger partial charge is 0.348 e. The number of benzene rings is 2. The summed E-state index contributed by atoms with van der Waals surface area (Å²) in [5, 5.41) is 11.6. The van der Waals surface area contributed by atoms with E-state index in [0.717, 1.165) is 15.6 Å². The van der Waals surface area contributed by atoms with Crippen LogP contribution in [0, 0.1) is 18.3 Å². The molecular formula is C16H13BrN2O. The molecule has 1 amide bonds. The predicted molar refractivity (Wildman–Crippen MR) is 81.2 cm³/mol. The Morgan fingerprint density at radius 1 is 1.25 bits per heavy atom. The average Bonchev–Trinajstić information content (AvgIpc) is 2.44. The van der Waals surface area contributed by atoms with Crippen LogP contribution in [0.3, 0.4) is 0 Å². The zero-order valence-electron chi connectivity index (χ0n) is 11.0. The number of hydrogen-bond donors (Lipinski definition) is 1. The molecule has 3 nitrogen and oxygen atoms in total. The number of carbonyl (C=O) groups excluding carboxylic acids is 1. The van der Waals surface area contributed by atoms with Gasteiger partial charge < -0.3 is 5.32 Å². The molecule has 0 radical (unpaired) electrons. The number of nitriles is 1. The first kappa shape index (κ1) is 14.3. The Kier molecular flexibility index (Phi) is 4.54. The van der Waals surface area contributed by atoms with Gasteiger partial charge in [0, 0.05) is 16.6 Å². The fourth-order valence-corrected chi connectivity index (χ4v) is 2.46. The Hall–Kier alpha value is -2.12. The summed E-state index contributed by atoms with van der Waals surface area (Å²) in [6, 6.07) is 14.8. The average molecular weight is 329 g/mol. The van der Waals surface area contributed by atoms with Crippen molar-refractivity contribution in [2.24, 2.45) is 0 Å². The molecule has 0 saturated carbocycles. The fourth-order valence-electron chi connectivity index (χ4n) is 1.85. The minimum atomic E-state index is -0.112. The van der Waals surface area contributed by atoms with Crippen molar-refractivity contribution in [2.45, 2.75) is 13.5 Å². The molecule has 0 aliphatic rings. The van der Waals surface area contributed by atoms with Crippen LogP contribution < -0.4 is 5.32 Å². The van der Waals surface area contributed by atoms with E-state index in [1.807, 2.05) is 31.2 Å². The third kappa shape index (κ3) is 3.69. The van der Waals surface area contributed by atoms with Gasteiger partial charge in [-0.25, -0.2) is 0 Å². The second-order valence-electron chi connectivity index (χ2n) is 4.51. The maximum absolute atomic E-state index is 12.1. The number of aryl methyl sites for hydroxylation is 1. The fraction of sp³-hybridized carbons (Fsp3) is 0.125. The van der Waals surface area contributed by atoms with Crippen molar-refractivity contribution < 1.29 is 4.79 Å². The highest BCUT2D eigenvalue weighted by atomic mass is 79.9. The van der Waals surface area contributed by atoms with E-state index in [9.17, 15) is 4.79 Å². The molecule has 2 rings (SSSR count). The summed E-state index contributed by atoms with van der Waals surface area (Å²) in [5.41, 5.74) is 3.24. The van der Waals surface area contributed by atoms with Gasteiger partial charge in [0.25, 0.3) is 5.91 Å². The van der Waals surface area contributed by atoms with Crippen LogP contribution in [-0.4, -0.2) is 5.91 Å². The molecule has 0 atom stereocenters. The van der Waals surface area contributed by atoms with Crippen molar-refractivity contribution in [2.75, 3.05) is 0 Å². The number of nitrogens with one attached hydrogen (secondary N) is 1. The Morgan fingerprint density at radius 2 is 1.95 bits per heavy atom. The summed E-state index contributed by atoms with van der Waals surface area (Å²) in [6.07, 6.45) is 0. The van der Waals surface area contributed by atoms with Crippen molar-refractivity contribution >= 4 is 21.8 Å². The zero-order valence-corrected chi connectivity index (χ0v) is 12.6. The predicted octanol–water partition coefficient (Wildman–Crippen LogP) is 3.56. The highest BCUT2D eigenvalue weighted by molar-refractivity contribution is 9.10. The summed E-state index contributed by atoms with van der Waals surface area (Å²) in [4.78, 5) is 12.1. The smallest absolute Gasteiger partial charge is 0.251 e. The van der Waals surface area contributed by atoms with Gasteiger partial charge in [-0.1, -0.05) is 28.1 Å². The van der Waals surface area contributed by atoms with Gasteiger partial charge in [-0.05, 0) is 48.4 Å². The Labute approximate surface area is 126 Å². The number of halogens is 1. The van der Waals surface area contributed by atoms with E-state index >= 15 is 0 Å². The van der Waals surface area contributed by atoms with Crippen molar-refractivity contribution in [1.29, 1.82) is 5.26 Å². The minimum Gasteiger partial charge on any atom is -0.348 e. The molecule has 0 unspecified atom stereocenters. The third-order valence-corrected chi connectivity index (χ3v) is 3.30. The van der Waals surface area contributed by atoms with Gasteiger partial charge in [0.2, 0.25) is 0 Å². The molecule has 0 spiro atoms. The normalized spacial score (nSPS) is 9.85. The van der Waals surface area contributed by atoms with Gasteiger partial charge >= 0.3 is 0 Å². The molecule has 0 aromatic heterocycles. The summed E-state index contributed by atoms with van der Waals surface area (Å²) in [7, 11) is 0. The second-order valence-corrected chi connectivity index (χ2v) is 5.42. The molecule has 0 bridgehead atoms. The number of rotatable bonds is 3. The van der Waals surface area contributed by atoms with E-state index in [0.29, 0.717) is 17.7 Å². The number of nitrogens with zero attached hydrogens (tertiary/aromatic N) is 1. The van der Waals surface area contributed by atoms with E-state index in [1.54, 1.807) is 18.2 Å². The minimum absolute atomic E-state index is 0.112. The summed E-state index contributed by atoms with van der Waals surface area (Å²) in [5.74, 6) is -0.112. The van der Waals surface area contributed by atoms with Crippen LogP contribution in [0.2, 0.25) is 0 Å². The maximum atomic E-state index is 12.1. The number of carbonyl (C=O) groups is 1. The van der Waals surface area contributed by atoms with E-state index < -0.39 is 0 Å². The van der Waals surface area contributed by atoms with Gasteiger partial charge in [0.15, 0.2) is 0 Å². The van der Waals surface area contributed by atoms with Gasteiger partial charge in [-0.2, -0.15) is 5.26 Å². The first-order valence-electron chi connectivity index (χ1n) is 6.13. The van der Waals surface area contributed by atoms with Crippen molar-refractivity contribution in [3.05, 3.63) is 69.2 Å². The quantitative estimate of drug-likeness (QED) is 0.936. The lowest BCUT2D eigenvalue weighted by molar-refractivity contribution is 0.0951. The molecule has 20 heavy (non-hydrogen) atoms. The molecule has 100 valence electrons. The lowest BCUT2D eigenvalue weighted by Gasteiger charge is -2.07. The molecule has 0 heterocycles. The topological polar surface area (TPSA) is 52.9 Å². The molecule has 0 aliphatic heterocycles. The number of hydrogen-bond acceptors (Lipinski definition) is 2. The molecule has 4 heteroatoms. The van der Waals surface area contributed by atoms with Gasteiger partial charge in [-0.3, -0.25) is 4.79 Å². The van der Waals surface area contributed by atoms with E-state index in [4.69, 9.17) is 5.26 Å². The van der Waals surface area contributed by atoms with E-state index in [-0.39, 0.29) is 5.91 Å². The first-order chi connectivity index (χ1) is 9.58. The summed E-state index contributed by atoms with van der Waals surface area (Å²) >= 11 is 3.38. The van der Waals surface area contributed by atoms with Crippen LogP contribution in [0.15, 0.2) is 46.9 Å². The lowest BCUT2D eigenvalue weighted by Crippen LogP contribution is -2.22. The van der Waals surface area contributed by atoms with Crippen LogP contribution in [-0.2, 0) is 6.54 Å². The standard InChI is InChI=1S/C16H13BrN2O/c1-11-6-14(8-15(17)7-11)16(20)19-10-13-4-2-12(9-18)3-5-13/h2-8H,10H2,1H3,(H,19,20). The van der Waals surface area contributed by atoms with Gasteiger partial charge in [-0.15, -0.1) is 0 Å². The highest BCUT2D eigenvalue weighted by Crippen LogP contribution is 2.15. The maximum Gasteiger partial charge on any atom is 0.251 e. The molecule has 0 aliphatic carbocycles. The monoisotopic (exact) mass is 328 g/mol. The first-order valence-corrected chi connectivity index (χ1v) is 6.92. The van der Waals surface area contributed by atoms with Crippen LogP contribution in [0.4, 0.5) is 0 Å². The molecule has 1 N–H and O–H groups in total. The van der Waals surface area contributed by atoms with Crippen molar-refractivity contribution in [3.8, 4) is 6.07 Å². The van der Waals surface area contributed by atoms with Crippen LogP contribution in [0.5, 0.6) is 0 Å². The molecule has 0 saturated heterocycles. The Balaban J connectivity index is 2.02. The Morgan fingerprint density at radius 3 is 2.55 bits per heavy atom. The second kappa shape index (κ2) is 6.36. The van der Waals surface area contributed by atoms with Crippen LogP contribution >= 0.6 is 15.9 Å². The SMILES string of the molecule is Cc1cc(Br)cc(C(=O)NCc2ccc(C#N)cc2)c1. The molecule has 0 fully saturated rings. The van der Waals surface area contributed by atoms with Crippen LogP contribution in [0.1, 0.15) is 27.0 Å². The summed E-state index contributed by atoms with van der Waals surface area (Å²) < 4.78 is 0.890. The van der Waals surface area contributed by atoms with Gasteiger partial charge in [0.05, 0.1) is 11.6 Å². The van der Waals surface area contributed by atoms with E-state index in [1.165, 1.54) is 0 Å². The zero-order chi connectivity index (χ0) is 14.5.